The molecule has 2 unspecified atom stereocenters. The molecule has 0 aliphatic rings. The Bertz CT molecular complexity index is 512. The van der Waals surface area contributed by atoms with Crippen molar-refractivity contribution in [3.63, 3.8) is 0 Å². The zero-order valence-electron chi connectivity index (χ0n) is 11.9. The van der Waals surface area contributed by atoms with Crippen molar-refractivity contribution in [2.75, 3.05) is 0 Å². The van der Waals surface area contributed by atoms with Crippen molar-refractivity contribution in [1.82, 2.24) is 4.72 Å². The van der Waals surface area contributed by atoms with Crippen molar-refractivity contribution >= 4 is 21.6 Å². The lowest BCUT2D eigenvalue weighted by Crippen LogP contribution is -2.31. The van der Waals surface area contributed by atoms with Crippen molar-refractivity contribution in [3.05, 3.63) is 29.8 Å². The lowest BCUT2D eigenvalue weighted by atomic mass is 9.94. The van der Waals surface area contributed by atoms with Crippen molar-refractivity contribution < 1.29 is 8.42 Å². The second-order valence-corrected chi connectivity index (χ2v) is 7.38. The zero-order valence-corrected chi connectivity index (χ0v) is 13.4. The van der Waals surface area contributed by atoms with Gasteiger partial charge in [-0.15, -0.1) is 11.6 Å². The van der Waals surface area contributed by atoms with E-state index in [-0.39, 0.29) is 17.3 Å². The maximum absolute atomic E-state index is 12.4. The average molecular weight is 304 g/mol. The monoisotopic (exact) mass is 303 g/mol. The minimum Gasteiger partial charge on any atom is -0.209 e. The third-order valence-electron chi connectivity index (χ3n) is 2.99. The Kier molecular flexibility index (Phi) is 5.83. The molecular weight excluding hydrogens is 282 g/mol. The summed E-state index contributed by atoms with van der Waals surface area (Å²) in [5.41, 5.74) is 0.792. The molecule has 0 amide bonds. The minimum absolute atomic E-state index is 0.0293. The van der Waals surface area contributed by atoms with Crippen molar-refractivity contribution in [3.8, 4) is 0 Å². The van der Waals surface area contributed by atoms with E-state index < -0.39 is 10.0 Å². The first-order valence-electron chi connectivity index (χ1n) is 6.55. The highest BCUT2D eigenvalue weighted by Gasteiger charge is 2.25. The summed E-state index contributed by atoms with van der Waals surface area (Å²) in [6, 6.07) is 6.95. The quantitative estimate of drug-likeness (QED) is 0.818. The van der Waals surface area contributed by atoms with E-state index in [0.717, 1.165) is 12.0 Å². The molecule has 0 spiro atoms. The Balaban J connectivity index is 3.30. The van der Waals surface area contributed by atoms with Crippen molar-refractivity contribution in [1.29, 1.82) is 0 Å². The average Bonchev–Trinajstić information content (AvgIpc) is 2.28. The van der Waals surface area contributed by atoms with E-state index in [4.69, 9.17) is 11.6 Å². The molecule has 1 aromatic rings. The first-order valence-corrected chi connectivity index (χ1v) is 8.46. The molecule has 0 bridgehead atoms. The molecule has 1 aromatic carbocycles. The summed E-state index contributed by atoms with van der Waals surface area (Å²) < 4.78 is 27.3. The van der Waals surface area contributed by atoms with Crippen LogP contribution < -0.4 is 4.72 Å². The third-order valence-corrected chi connectivity index (χ3v) is 5.03. The van der Waals surface area contributed by atoms with Gasteiger partial charge in [0.25, 0.3) is 0 Å². The highest BCUT2D eigenvalue weighted by molar-refractivity contribution is 7.89. The van der Waals surface area contributed by atoms with Crippen molar-refractivity contribution in [2.45, 2.75) is 56.3 Å². The fraction of sp³-hybridized carbons (Fsp3) is 0.571. The topological polar surface area (TPSA) is 46.2 Å². The van der Waals surface area contributed by atoms with E-state index in [9.17, 15) is 8.42 Å². The number of hydrogen-bond donors (Lipinski definition) is 1. The summed E-state index contributed by atoms with van der Waals surface area (Å²) in [6.07, 6.45) is 0.804. The van der Waals surface area contributed by atoms with Gasteiger partial charge in [-0.1, -0.05) is 25.1 Å². The van der Waals surface area contributed by atoms with Crippen LogP contribution in [0.2, 0.25) is 0 Å². The smallest absolute Gasteiger partial charge is 0.209 e. The summed E-state index contributed by atoms with van der Waals surface area (Å²) in [5.74, 6) is 0.0293. The number of benzene rings is 1. The second kappa shape index (κ2) is 6.73. The molecule has 0 heterocycles. The van der Waals surface area contributed by atoms with Crippen LogP contribution in [0.1, 0.15) is 45.6 Å². The number of nitrogens with one attached hydrogen (secondary N) is 1. The number of hydrogen-bond acceptors (Lipinski definition) is 2. The Morgan fingerprint density at radius 3 is 2.26 bits per heavy atom. The summed E-state index contributed by atoms with van der Waals surface area (Å²) in [7, 11) is -3.49. The molecule has 0 aliphatic carbocycles. The molecule has 108 valence electrons. The van der Waals surface area contributed by atoms with Crippen LogP contribution in [0.15, 0.2) is 29.2 Å². The lowest BCUT2D eigenvalue weighted by molar-refractivity contribution is 0.563. The van der Waals surface area contributed by atoms with Crippen LogP contribution in [0, 0.1) is 0 Å². The van der Waals surface area contributed by atoms with Gasteiger partial charge in [0, 0.05) is 17.3 Å². The zero-order chi connectivity index (χ0) is 14.6. The van der Waals surface area contributed by atoms with E-state index in [1.807, 2.05) is 39.8 Å². The number of rotatable bonds is 6. The fourth-order valence-electron chi connectivity index (χ4n) is 2.20. The first kappa shape index (κ1) is 16.5. The fourth-order valence-corrected chi connectivity index (χ4v) is 4.05. The summed E-state index contributed by atoms with van der Waals surface area (Å²) >= 11 is 6.19. The molecular formula is C14H22ClNO2S. The van der Waals surface area contributed by atoms with Crippen LogP contribution in [0.4, 0.5) is 0 Å². The van der Waals surface area contributed by atoms with Crippen LogP contribution in [0.25, 0.3) is 0 Å². The molecule has 0 radical (unpaired) electrons. The maximum Gasteiger partial charge on any atom is 0.241 e. The van der Waals surface area contributed by atoms with Gasteiger partial charge in [-0.3, -0.25) is 0 Å². The molecule has 0 aliphatic heterocycles. The number of halogens is 1. The second-order valence-electron chi connectivity index (χ2n) is 5.01. The molecule has 0 aromatic heterocycles. The molecule has 1 rings (SSSR count). The molecule has 19 heavy (non-hydrogen) atoms. The number of alkyl halides is 1. The van der Waals surface area contributed by atoms with Crippen LogP contribution in [0.3, 0.4) is 0 Å². The van der Waals surface area contributed by atoms with Crippen LogP contribution in [0.5, 0.6) is 0 Å². The van der Waals surface area contributed by atoms with E-state index in [1.54, 1.807) is 12.1 Å². The van der Waals surface area contributed by atoms with E-state index in [2.05, 4.69) is 4.72 Å². The summed E-state index contributed by atoms with van der Waals surface area (Å²) in [4.78, 5) is 0.336. The van der Waals surface area contributed by atoms with Gasteiger partial charge in [-0.25, -0.2) is 13.1 Å². The highest BCUT2D eigenvalue weighted by atomic mass is 35.5. The maximum atomic E-state index is 12.4. The summed E-state index contributed by atoms with van der Waals surface area (Å²) in [5, 5.41) is -0.111. The van der Waals surface area contributed by atoms with Gasteiger partial charge in [-0.05, 0) is 38.8 Å². The molecule has 0 saturated heterocycles. The largest absolute Gasteiger partial charge is 0.241 e. The molecule has 0 fully saturated rings. The predicted octanol–water partition coefficient (Wildman–Crippen LogP) is 3.49. The molecule has 2 atom stereocenters. The summed E-state index contributed by atoms with van der Waals surface area (Å²) in [6.45, 7) is 7.53. The van der Waals surface area contributed by atoms with Gasteiger partial charge in [-0.2, -0.15) is 0 Å². The van der Waals surface area contributed by atoms with Gasteiger partial charge in [0.15, 0.2) is 0 Å². The molecule has 5 heteroatoms. The third kappa shape index (κ3) is 4.20. The van der Waals surface area contributed by atoms with Gasteiger partial charge in [0.2, 0.25) is 10.0 Å². The van der Waals surface area contributed by atoms with Gasteiger partial charge >= 0.3 is 0 Å². The van der Waals surface area contributed by atoms with Gasteiger partial charge < -0.3 is 0 Å². The number of sulfonamides is 1. The van der Waals surface area contributed by atoms with Crippen LogP contribution in [-0.4, -0.2) is 19.8 Å². The predicted molar refractivity (Wildman–Crippen MR) is 80.2 cm³/mol. The Hall–Kier alpha value is -0.580. The van der Waals surface area contributed by atoms with E-state index in [1.165, 1.54) is 0 Å². The normalized spacial score (nSPS) is 15.5. The highest BCUT2D eigenvalue weighted by Crippen LogP contribution is 2.31. The SMILES string of the molecule is CCC(c1ccccc1S(=O)(=O)NC(C)C)C(C)Cl. The first-order chi connectivity index (χ1) is 8.79. The molecule has 1 N–H and O–H groups in total. The van der Waals surface area contributed by atoms with Crippen LogP contribution >= 0.6 is 11.6 Å². The van der Waals surface area contributed by atoms with Crippen LogP contribution in [-0.2, 0) is 10.0 Å². The standard InChI is InChI=1S/C14H22ClNO2S/c1-5-12(11(4)15)13-8-6-7-9-14(13)19(17,18)16-10(2)3/h6-12,16H,5H2,1-4H3. The van der Waals surface area contributed by atoms with E-state index in [0.29, 0.717) is 4.90 Å². The molecule has 3 nitrogen and oxygen atoms in total. The lowest BCUT2D eigenvalue weighted by Gasteiger charge is -2.21. The van der Waals surface area contributed by atoms with Crippen molar-refractivity contribution in [2.24, 2.45) is 0 Å². The Labute approximate surface area is 121 Å². The van der Waals surface area contributed by atoms with Gasteiger partial charge in [0.05, 0.1) is 4.90 Å². The Morgan fingerprint density at radius 2 is 1.79 bits per heavy atom. The minimum atomic E-state index is -3.49. The Morgan fingerprint density at radius 1 is 1.21 bits per heavy atom. The van der Waals surface area contributed by atoms with E-state index >= 15 is 0 Å². The van der Waals surface area contributed by atoms with Gasteiger partial charge in [0.1, 0.15) is 0 Å². The molecule has 0 saturated carbocycles.